The van der Waals surface area contributed by atoms with E-state index in [0.29, 0.717) is 41.9 Å². The predicted octanol–water partition coefficient (Wildman–Crippen LogP) is 5.66. The first-order chi connectivity index (χ1) is 17.2. The number of benzene rings is 1. The minimum absolute atomic E-state index is 0.0694. The standard InChI is InChI=1S/C26H28ClF3N4O2/c27-16-5-10-21-20(12-16)22(13-23(33-21)26(28,29)30)31-17-6-8-18(9-7-17)32-25(36)15-11-24(35)34(14-15)19-3-1-2-4-19/h5-6,10,12-13,15,18-19H,1-4,7-9,11,14H2,(H,31,33)(H,32,36). The van der Waals surface area contributed by atoms with E-state index in [1.54, 1.807) is 6.07 Å². The Morgan fingerprint density at radius 2 is 1.92 bits per heavy atom. The summed E-state index contributed by atoms with van der Waals surface area (Å²) in [6.07, 6.45) is 3.67. The van der Waals surface area contributed by atoms with Crippen molar-refractivity contribution in [1.82, 2.24) is 15.2 Å². The number of halogens is 4. The van der Waals surface area contributed by atoms with Gasteiger partial charge in [-0.25, -0.2) is 4.98 Å². The van der Waals surface area contributed by atoms with Gasteiger partial charge in [0.25, 0.3) is 0 Å². The van der Waals surface area contributed by atoms with E-state index < -0.39 is 11.9 Å². The maximum Gasteiger partial charge on any atom is 0.433 e. The second-order valence-electron chi connectivity index (χ2n) is 9.93. The number of hydrogen-bond acceptors (Lipinski definition) is 4. The highest BCUT2D eigenvalue weighted by Gasteiger charge is 2.39. The topological polar surface area (TPSA) is 74.3 Å². The first-order valence-electron chi connectivity index (χ1n) is 12.4. The molecule has 2 aromatic rings. The Morgan fingerprint density at radius 3 is 2.61 bits per heavy atom. The highest BCUT2D eigenvalue weighted by molar-refractivity contribution is 6.31. The molecule has 10 heteroatoms. The molecule has 1 aliphatic heterocycles. The molecule has 2 atom stereocenters. The number of rotatable bonds is 5. The van der Waals surface area contributed by atoms with E-state index in [1.165, 1.54) is 12.1 Å². The van der Waals surface area contributed by atoms with Crippen LogP contribution in [0.4, 0.5) is 18.9 Å². The maximum atomic E-state index is 13.4. The predicted molar refractivity (Wildman–Crippen MR) is 131 cm³/mol. The largest absolute Gasteiger partial charge is 0.433 e. The van der Waals surface area contributed by atoms with Crippen LogP contribution in [0.15, 0.2) is 36.0 Å². The molecule has 2 heterocycles. The van der Waals surface area contributed by atoms with Crippen molar-refractivity contribution in [1.29, 1.82) is 0 Å². The molecule has 5 rings (SSSR count). The maximum absolute atomic E-state index is 13.4. The Bertz CT molecular complexity index is 1210. The lowest BCUT2D eigenvalue weighted by molar-refractivity contribution is -0.141. The molecule has 2 fully saturated rings. The molecule has 1 saturated heterocycles. The van der Waals surface area contributed by atoms with Crippen LogP contribution >= 0.6 is 11.6 Å². The average molecular weight is 521 g/mol. The van der Waals surface area contributed by atoms with Gasteiger partial charge < -0.3 is 15.5 Å². The summed E-state index contributed by atoms with van der Waals surface area (Å²) in [7, 11) is 0. The fourth-order valence-corrected chi connectivity index (χ4v) is 5.67. The summed E-state index contributed by atoms with van der Waals surface area (Å²) in [4.78, 5) is 30.9. The van der Waals surface area contributed by atoms with E-state index >= 15 is 0 Å². The minimum Gasteiger partial charge on any atom is -0.359 e. The number of amides is 2. The Kier molecular flexibility index (Phi) is 6.85. The number of hydrogen-bond donors (Lipinski definition) is 2. The highest BCUT2D eigenvalue weighted by Crippen LogP contribution is 2.35. The van der Waals surface area contributed by atoms with Crippen molar-refractivity contribution >= 4 is 40.0 Å². The molecule has 192 valence electrons. The summed E-state index contributed by atoms with van der Waals surface area (Å²) in [6.45, 7) is 0.490. The third-order valence-electron chi connectivity index (χ3n) is 7.41. The molecule has 3 aliphatic rings. The lowest BCUT2D eigenvalue weighted by atomic mass is 9.97. The number of nitrogens with zero attached hydrogens (tertiary/aromatic N) is 2. The Labute approximate surface area is 212 Å². The van der Waals surface area contributed by atoms with Gasteiger partial charge in [0.2, 0.25) is 11.8 Å². The summed E-state index contributed by atoms with van der Waals surface area (Å²) >= 11 is 6.08. The molecular weight excluding hydrogens is 493 g/mol. The summed E-state index contributed by atoms with van der Waals surface area (Å²) in [5, 5.41) is 7.12. The van der Waals surface area contributed by atoms with Crippen molar-refractivity contribution in [2.45, 2.75) is 69.6 Å². The van der Waals surface area contributed by atoms with Crippen LogP contribution in [0.3, 0.4) is 0 Å². The fourth-order valence-electron chi connectivity index (χ4n) is 5.49. The van der Waals surface area contributed by atoms with E-state index in [0.717, 1.165) is 37.4 Å². The number of carbonyl (C=O) groups is 2. The van der Waals surface area contributed by atoms with Crippen molar-refractivity contribution in [3.63, 3.8) is 0 Å². The molecule has 0 bridgehead atoms. The number of nitrogens with one attached hydrogen (secondary N) is 2. The SMILES string of the molecule is O=C(NC1CC=C(Nc2cc(C(F)(F)F)nc3ccc(Cl)cc23)CC1)C1CC(=O)N(C2CCCC2)C1. The van der Waals surface area contributed by atoms with Crippen LogP contribution in [0.5, 0.6) is 0 Å². The molecule has 1 aromatic heterocycles. The number of anilines is 1. The van der Waals surface area contributed by atoms with Gasteiger partial charge in [-0.15, -0.1) is 0 Å². The van der Waals surface area contributed by atoms with E-state index in [-0.39, 0.29) is 41.8 Å². The summed E-state index contributed by atoms with van der Waals surface area (Å²) in [6, 6.07) is 5.78. The molecule has 36 heavy (non-hydrogen) atoms. The first-order valence-corrected chi connectivity index (χ1v) is 12.8. The van der Waals surface area contributed by atoms with Gasteiger partial charge in [0.1, 0.15) is 5.69 Å². The van der Waals surface area contributed by atoms with Crippen molar-refractivity contribution < 1.29 is 22.8 Å². The van der Waals surface area contributed by atoms with Crippen LogP contribution in [0.25, 0.3) is 10.9 Å². The molecule has 1 saturated carbocycles. The molecular formula is C26H28ClF3N4O2. The highest BCUT2D eigenvalue weighted by atomic mass is 35.5. The lowest BCUT2D eigenvalue weighted by Crippen LogP contribution is -2.41. The molecule has 2 aliphatic carbocycles. The Morgan fingerprint density at radius 1 is 1.14 bits per heavy atom. The minimum atomic E-state index is -4.57. The van der Waals surface area contributed by atoms with Gasteiger partial charge in [-0.3, -0.25) is 9.59 Å². The van der Waals surface area contributed by atoms with Crippen molar-refractivity contribution in [2.24, 2.45) is 5.92 Å². The molecule has 2 N–H and O–H groups in total. The van der Waals surface area contributed by atoms with Gasteiger partial charge in [0.15, 0.2) is 0 Å². The normalized spacial score (nSPS) is 23.3. The zero-order chi connectivity index (χ0) is 25.4. The van der Waals surface area contributed by atoms with Crippen molar-refractivity contribution in [3.8, 4) is 0 Å². The Balaban J connectivity index is 1.23. The zero-order valence-corrected chi connectivity index (χ0v) is 20.5. The summed E-state index contributed by atoms with van der Waals surface area (Å²) < 4.78 is 40.2. The summed E-state index contributed by atoms with van der Waals surface area (Å²) in [5.74, 6) is -0.349. The van der Waals surface area contributed by atoms with Gasteiger partial charge in [-0.2, -0.15) is 13.2 Å². The van der Waals surface area contributed by atoms with Crippen LogP contribution in [-0.2, 0) is 15.8 Å². The van der Waals surface area contributed by atoms with E-state index in [9.17, 15) is 22.8 Å². The van der Waals surface area contributed by atoms with Gasteiger partial charge >= 0.3 is 6.18 Å². The van der Waals surface area contributed by atoms with Crippen LogP contribution < -0.4 is 10.6 Å². The fraction of sp³-hybridized carbons (Fsp3) is 0.500. The number of allylic oxidation sites excluding steroid dienone is 1. The zero-order valence-electron chi connectivity index (χ0n) is 19.7. The van der Waals surface area contributed by atoms with Crippen LogP contribution in [0.1, 0.15) is 57.1 Å². The van der Waals surface area contributed by atoms with Crippen molar-refractivity contribution in [3.05, 3.63) is 46.8 Å². The number of alkyl halides is 3. The molecule has 2 unspecified atom stereocenters. The number of fused-ring (bicyclic) bond motifs is 1. The molecule has 1 aromatic carbocycles. The Hall–Kier alpha value is -2.81. The number of aromatic nitrogens is 1. The first kappa shape index (κ1) is 24.9. The third-order valence-corrected chi connectivity index (χ3v) is 7.64. The second kappa shape index (κ2) is 9.92. The van der Waals surface area contributed by atoms with Gasteiger partial charge in [0.05, 0.1) is 11.4 Å². The van der Waals surface area contributed by atoms with Gasteiger partial charge in [-0.05, 0) is 56.4 Å². The van der Waals surface area contributed by atoms with E-state index in [2.05, 4.69) is 15.6 Å². The molecule has 2 amide bonds. The summed E-state index contributed by atoms with van der Waals surface area (Å²) in [5.41, 5.74) is 0.305. The number of likely N-dealkylation sites (tertiary alicyclic amines) is 1. The monoisotopic (exact) mass is 520 g/mol. The van der Waals surface area contributed by atoms with Gasteiger partial charge in [-0.1, -0.05) is 30.5 Å². The van der Waals surface area contributed by atoms with Crippen molar-refractivity contribution in [2.75, 3.05) is 11.9 Å². The number of carbonyl (C=O) groups excluding carboxylic acids is 2. The van der Waals surface area contributed by atoms with E-state index in [4.69, 9.17) is 11.6 Å². The van der Waals surface area contributed by atoms with Crippen LogP contribution in [-0.4, -0.2) is 40.3 Å². The molecule has 0 radical (unpaired) electrons. The molecule has 0 spiro atoms. The smallest absolute Gasteiger partial charge is 0.359 e. The van der Waals surface area contributed by atoms with E-state index in [1.807, 2.05) is 11.0 Å². The lowest BCUT2D eigenvalue weighted by Gasteiger charge is -2.26. The van der Waals surface area contributed by atoms with Crippen LogP contribution in [0.2, 0.25) is 5.02 Å². The average Bonchev–Trinajstić information content (AvgIpc) is 3.49. The molecule has 6 nitrogen and oxygen atoms in total. The second-order valence-corrected chi connectivity index (χ2v) is 10.4. The van der Waals surface area contributed by atoms with Crippen LogP contribution in [0, 0.1) is 5.92 Å². The third kappa shape index (κ3) is 5.31. The quantitative estimate of drug-likeness (QED) is 0.533. The number of pyridine rings is 1. The van der Waals surface area contributed by atoms with Gasteiger partial charge in [0, 0.05) is 46.8 Å².